The number of hydrogen-bond acceptors (Lipinski definition) is 4. The van der Waals surface area contributed by atoms with E-state index in [0.29, 0.717) is 28.2 Å². The van der Waals surface area contributed by atoms with Gasteiger partial charge in [-0.25, -0.2) is 13.9 Å². The maximum absolute atomic E-state index is 13.4. The van der Waals surface area contributed by atoms with Gasteiger partial charge < -0.3 is 0 Å². The van der Waals surface area contributed by atoms with E-state index in [1.807, 2.05) is 0 Å². The van der Waals surface area contributed by atoms with Gasteiger partial charge >= 0.3 is 0 Å². The number of nitro groups is 1. The van der Waals surface area contributed by atoms with Crippen molar-refractivity contribution in [2.24, 2.45) is 0 Å². The Kier molecular flexibility index (Phi) is 3.58. The minimum absolute atomic E-state index is 0.0402. The molecule has 2 heterocycles. The highest BCUT2D eigenvalue weighted by atomic mass is 19.1. The zero-order valence-corrected chi connectivity index (χ0v) is 13.2. The molecule has 4 aromatic rings. The van der Waals surface area contributed by atoms with Crippen LogP contribution in [0.4, 0.5) is 10.1 Å². The van der Waals surface area contributed by atoms with E-state index in [1.54, 1.807) is 18.2 Å². The molecule has 1 N–H and O–H groups in total. The molecule has 2 aromatic carbocycles. The van der Waals surface area contributed by atoms with Crippen LogP contribution in [0.1, 0.15) is 0 Å². The third-order valence-electron chi connectivity index (χ3n) is 3.96. The number of aromatic amines is 1. The lowest BCUT2D eigenvalue weighted by Crippen LogP contribution is -2.14. The van der Waals surface area contributed by atoms with Crippen LogP contribution < -0.4 is 5.56 Å². The highest BCUT2D eigenvalue weighted by molar-refractivity contribution is 5.67. The quantitative estimate of drug-likeness (QED) is 0.453. The number of rotatable bonds is 3. The van der Waals surface area contributed by atoms with Gasteiger partial charge in [0.25, 0.3) is 11.2 Å². The predicted octanol–water partition coefficient (Wildman–Crippen LogP) is 3.40. The monoisotopic (exact) mass is 350 g/mol. The Morgan fingerprint density at radius 3 is 2.50 bits per heavy atom. The van der Waals surface area contributed by atoms with Crippen molar-refractivity contribution in [1.29, 1.82) is 0 Å². The van der Waals surface area contributed by atoms with Gasteiger partial charge in [-0.2, -0.15) is 0 Å². The molecule has 0 saturated heterocycles. The largest absolute Gasteiger partial charge is 0.289 e. The van der Waals surface area contributed by atoms with Gasteiger partial charge in [0.2, 0.25) is 0 Å². The summed E-state index contributed by atoms with van der Waals surface area (Å²) in [6.45, 7) is 0. The second kappa shape index (κ2) is 5.92. The molecule has 8 heteroatoms. The second-order valence-corrected chi connectivity index (χ2v) is 5.66. The molecule has 0 aliphatic carbocycles. The number of fused-ring (bicyclic) bond motifs is 1. The van der Waals surface area contributed by atoms with Gasteiger partial charge in [-0.3, -0.25) is 20.0 Å². The fraction of sp³-hybridized carbons (Fsp3) is 0. The van der Waals surface area contributed by atoms with Gasteiger partial charge in [0.1, 0.15) is 5.82 Å². The van der Waals surface area contributed by atoms with E-state index in [1.165, 1.54) is 47.0 Å². The standard InChI is InChI=1S/C18H11FN4O3/c19-13-3-1-2-12(8-13)16-9-17-20-15(10-18(24)22(17)21-16)11-4-6-14(7-5-11)23(25)26/h1-10,21H. The molecule has 0 amide bonds. The number of nitrogens with zero attached hydrogens (tertiary/aromatic N) is 3. The number of non-ortho nitro benzene ring substituents is 1. The van der Waals surface area contributed by atoms with Gasteiger partial charge in [-0.1, -0.05) is 12.1 Å². The molecule has 128 valence electrons. The summed E-state index contributed by atoms with van der Waals surface area (Å²) in [4.78, 5) is 27.0. The van der Waals surface area contributed by atoms with Crippen LogP contribution in [0.25, 0.3) is 28.2 Å². The molecule has 4 rings (SSSR count). The Labute approximate surface area is 145 Å². The lowest BCUT2D eigenvalue weighted by atomic mass is 10.1. The average Bonchev–Trinajstić information content (AvgIpc) is 3.07. The Morgan fingerprint density at radius 1 is 1.04 bits per heavy atom. The molecule has 0 fully saturated rings. The number of H-pyrrole nitrogens is 1. The number of nitrogens with one attached hydrogen (secondary N) is 1. The first-order valence-electron chi connectivity index (χ1n) is 7.65. The fourth-order valence-electron chi connectivity index (χ4n) is 2.70. The molecule has 0 aliphatic rings. The summed E-state index contributed by atoms with van der Waals surface area (Å²) in [5, 5.41) is 13.6. The van der Waals surface area contributed by atoms with Crippen LogP contribution in [0.2, 0.25) is 0 Å². The number of hydrogen-bond donors (Lipinski definition) is 1. The molecule has 0 unspecified atom stereocenters. The van der Waals surface area contributed by atoms with E-state index < -0.39 is 4.92 Å². The number of halogens is 1. The number of benzene rings is 2. The third kappa shape index (κ3) is 2.73. The minimum atomic E-state index is -0.493. The lowest BCUT2D eigenvalue weighted by Gasteiger charge is -2.01. The molecule has 26 heavy (non-hydrogen) atoms. The Morgan fingerprint density at radius 2 is 1.81 bits per heavy atom. The summed E-state index contributed by atoms with van der Waals surface area (Å²) in [6.07, 6.45) is 0. The minimum Gasteiger partial charge on any atom is -0.289 e. The molecular weight excluding hydrogens is 339 g/mol. The lowest BCUT2D eigenvalue weighted by molar-refractivity contribution is -0.384. The van der Waals surface area contributed by atoms with Crippen LogP contribution in [0.15, 0.2) is 65.5 Å². The highest BCUT2D eigenvalue weighted by Crippen LogP contribution is 2.22. The first-order valence-corrected chi connectivity index (χ1v) is 7.65. The van der Waals surface area contributed by atoms with Crippen LogP contribution in [-0.2, 0) is 0 Å². The van der Waals surface area contributed by atoms with Gasteiger partial charge in [0.15, 0.2) is 5.65 Å². The van der Waals surface area contributed by atoms with Crippen LogP contribution in [0.3, 0.4) is 0 Å². The Bertz CT molecular complexity index is 1200. The summed E-state index contributed by atoms with van der Waals surface area (Å²) in [6, 6.07) is 14.8. The van der Waals surface area contributed by atoms with Crippen molar-refractivity contribution < 1.29 is 9.31 Å². The topological polar surface area (TPSA) is 93.3 Å². The molecule has 0 bridgehead atoms. The molecular formula is C18H11FN4O3. The van der Waals surface area contributed by atoms with E-state index in [4.69, 9.17) is 0 Å². The van der Waals surface area contributed by atoms with Crippen molar-refractivity contribution in [1.82, 2.24) is 14.6 Å². The summed E-state index contributed by atoms with van der Waals surface area (Å²) in [5.74, 6) is -0.381. The SMILES string of the molecule is O=c1cc(-c2ccc([N+](=O)[O-])cc2)nc2cc(-c3cccc(F)c3)[nH]n12. The van der Waals surface area contributed by atoms with E-state index in [9.17, 15) is 19.3 Å². The molecule has 0 atom stereocenters. The molecule has 0 spiro atoms. The normalized spacial score (nSPS) is 11.0. The Balaban J connectivity index is 1.81. The summed E-state index contributed by atoms with van der Waals surface area (Å²) in [5.41, 5.74) is 2.11. The zero-order valence-electron chi connectivity index (χ0n) is 13.2. The van der Waals surface area contributed by atoms with Crippen LogP contribution in [0, 0.1) is 15.9 Å². The van der Waals surface area contributed by atoms with E-state index in [0.717, 1.165) is 0 Å². The first kappa shape index (κ1) is 15.7. The fourth-order valence-corrected chi connectivity index (χ4v) is 2.70. The summed E-state index contributed by atoms with van der Waals surface area (Å²) < 4.78 is 14.7. The molecule has 0 saturated carbocycles. The highest BCUT2D eigenvalue weighted by Gasteiger charge is 2.11. The second-order valence-electron chi connectivity index (χ2n) is 5.66. The maximum Gasteiger partial charge on any atom is 0.273 e. The summed E-state index contributed by atoms with van der Waals surface area (Å²) >= 11 is 0. The molecule has 7 nitrogen and oxygen atoms in total. The van der Waals surface area contributed by atoms with Crippen molar-refractivity contribution in [2.75, 3.05) is 0 Å². The molecule has 0 radical (unpaired) electrons. The Hall–Kier alpha value is -3.81. The van der Waals surface area contributed by atoms with Gasteiger partial charge in [0, 0.05) is 35.4 Å². The number of nitro benzene ring substituents is 1. The zero-order chi connectivity index (χ0) is 18.3. The van der Waals surface area contributed by atoms with Gasteiger partial charge in [-0.15, -0.1) is 0 Å². The number of aromatic nitrogens is 3. The third-order valence-corrected chi connectivity index (χ3v) is 3.96. The van der Waals surface area contributed by atoms with Crippen molar-refractivity contribution in [3.63, 3.8) is 0 Å². The van der Waals surface area contributed by atoms with Crippen molar-refractivity contribution in [3.8, 4) is 22.5 Å². The molecule has 0 aliphatic heterocycles. The van der Waals surface area contributed by atoms with Crippen LogP contribution in [-0.4, -0.2) is 19.5 Å². The van der Waals surface area contributed by atoms with Crippen LogP contribution >= 0.6 is 0 Å². The van der Waals surface area contributed by atoms with E-state index in [-0.39, 0.29) is 17.1 Å². The van der Waals surface area contributed by atoms with Crippen molar-refractivity contribution in [2.45, 2.75) is 0 Å². The average molecular weight is 350 g/mol. The molecule has 2 aromatic heterocycles. The van der Waals surface area contributed by atoms with Gasteiger partial charge in [-0.05, 0) is 24.3 Å². The van der Waals surface area contributed by atoms with E-state index >= 15 is 0 Å². The summed E-state index contributed by atoms with van der Waals surface area (Å²) in [7, 11) is 0. The maximum atomic E-state index is 13.4. The van der Waals surface area contributed by atoms with Gasteiger partial charge in [0.05, 0.1) is 16.3 Å². The van der Waals surface area contributed by atoms with Crippen molar-refractivity contribution in [3.05, 3.63) is 86.9 Å². The van der Waals surface area contributed by atoms with Crippen molar-refractivity contribution >= 4 is 11.3 Å². The van der Waals surface area contributed by atoms with E-state index in [2.05, 4.69) is 10.1 Å². The van der Waals surface area contributed by atoms with Crippen LogP contribution in [0.5, 0.6) is 0 Å². The first-order chi connectivity index (χ1) is 12.5. The predicted molar refractivity (Wildman–Crippen MR) is 93.3 cm³/mol. The smallest absolute Gasteiger partial charge is 0.273 e.